The lowest BCUT2D eigenvalue weighted by molar-refractivity contribution is 0.402. The highest BCUT2D eigenvalue weighted by molar-refractivity contribution is 7.86. The van der Waals surface area contributed by atoms with E-state index in [1.807, 2.05) is 0 Å². The quantitative estimate of drug-likeness (QED) is 0.250. The number of phenols is 1. The van der Waals surface area contributed by atoms with Gasteiger partial charge < -0.3 is 9.84 Å². The number of ether oxygens (including phenoxy) is 1. The van der Waals surface area contributed by atoms with E-state index in [9.17, 15) is 18.1 Å². The molecule has 0 aromatic heterocycles. The van der Waals surface area contributed by atoms with Gasteiger partial charge in [-0.15, -0.1) is 0 Å². The van der Waals surface area contributed by atoms with E-state index >= 15 is 0 Å². The molecule has 0 bridgehead atoms. The minimum atomic E-state index is -4.43. The van der Waals surface area contributed by atoms with Crippen molar-refractivity contribution >= 4 is 10.1 Å². The van der Waals surface area contributed by atoms with Crippen molar-refractivity contribution in [3.05, 3.63) is 48.0 Å². The zero-order valence-corrected chi connectivity index (χ0v) is 18.7. The third-order valence-corrected chi connectivity index (χ3v) is 6.08. The average Bonchev–Trinajstić information content (AvgIpc) is 2.70. The molecule has 2 aromatic rings. The number of hydrogen-bond donors (Lipinski definition) is 2. The Morgan fingerprint density at radius 1 is 0.800 bits per heavy atom. The Morgan fingerprint density at radius 2 is 1.40 bits per heavy atom. The monoisotopic (exact) mass is 434 g/mol. The molecule has 2 rings (SSSR count). The lowest BCUT2D eigenvalue weighted by Gasteiger charge is -2.12. The molecule has 2 aromatic carbocycles. The summed E-state index contributed by atoms with van der Waals surface area (Å²) in [6.07, 6.45) is 13.3. The molecular weight excluding hydrogens is 400 g/mol. The molecule has 0 radical (unpaired) electrons. The number of aryl methyl sites for hydroxylation is 1. The molecular formula is C24H34O5S. The van der Waals surface area contributed by atoms with Crippen LogP contribution in [0.15, 0.2) is 47.4 Å². The summed E-state index contributed by atoms with van der Waals surface area (Å²) in [5.74, 6) is 0.0564. The van der Waals surface area contributed by atoms with Gasteiger partial charge in [0.25, 0.3) is 10.1 Å². The highest BCUT2D eigenvalue weighted by Gasteiger charge is 2.18. The van der Waals surface area contributed by atoms with Crippen molar-refractivity contribution in [2.45, 2.75) is 82.4 Å². The third-order valence-electron chi connectivity index (χ3n) is 5.19. The van der Waals surface area contributed by atoms with E-state index in [0.717, 1.165) is 24.8 Å². The maximum absolute atomic E-state index is 11.7. The first-order valence-electron chi connectivity index (χ1n) is 11.0. The fourth-order valence-corrected chi connectivity index (χ4v) is 4.07. The summed E-state index contributed by atoms with van der Waals surface area (Å²) in [4.78, 5) is -0.308. The van der Waals surface area contributed by atoms with Gasteiger partial charge in [-0.25, -0.2) is 0 Å². The molecule has 2 N–H and O–H groups in total. The normalized spacial score (nSPS) is 11.5. The Bertz CT molecular complexity index is 877. The van der Waals surface area contributed by atoms with Gasteiger partial charge in [0.1, 0.15) is 10.6 Å². The number of rotatable bonds is 14. The first-order chi connectivity index (χ1) is 14.4. The minimum Gasteiger partial charge on any atom is -0.504 e. The molecule has 6 heteroatoms. The Morgan fingerprint density at radius 3 is 2.00 bits per heavy atom. The second kappa shape index (κ2) is 12.6. The maximum atomic E-state index is 11.7. The zero-order valence-electron chi connectivity index (χ0n) is 17.8. The number of phenolic OH excluding ortho intramolecular Hbond substituents is 1. The van der Waals surface area contributed by atoms with Crippen LogP contribution < -0.4 is 4.74 Å². The van der Waals surface area contributed by atoms with Gasteiger partial charge in [-0.3, -0.25) is 4.55 Å². The topological polar surface area (TPSA) is 83.8 Å². The van der Waals surface area contributed by atoms with Crippen LogP contribution in [0.4, 0.5) is 0 Å². The molecule has 30 heavy (non-hydrogen) atoms. The highest BCUT2D eigenvalue weighted by Crippen LogP contribution is 2.34. The summed E-state index contributed by atoms with van der Waals surface area (Å²) >= 11 is 0. The number of benzene rings is 2. The minimum absolute atomic E-state index is 0.0172. The summed E-state index contributed by atoms with van der Waals surface area (Å²) in [5, 5.41) is 9.90. The van der Waals surface area contributed by atoms with Gasteiger partial charge in [0, 0.05) is 0 Å². The number of para-hydroxylation sites is 2. The summed E-state index contributed by atoms with van der Waals surface area (Å²) in [5.41, 5.74) is 0.937. The molecule has 0 aliphatic heterocycles. The van der Waals surface area contributed by atoms with Gasteiger partial charge in [-0.1, -0.05) is 82.9 Å². The van der Waals surface area contributed by atoms with E-state index < -0.39 is 10.1 Å². The lowest BCUT2D eigenvalue weighted by atomic mass is 10.0. The van der Waals surface area contributed by atoms with Crippen molar-refractivity contribution in [1.29, 1.82) is 0 Å². The van der Waals surface area contributed by atoms with E-state index in [0.29, 0.717) is 0 Å². The second-order valence-electron chi connectivity index (χ2n) is 7.76. The van der Waals surface area contributed by atoms with Crippen molar-refractivity contribution in [2.24, 2.45) is 0 Å². The summed E-state index contributed by atoms with van der Waals surface area (Å²) in [6.45, 7) is 2.23. The molecule has 5 nitrogen and oxygen atoms in total. The van der Waals surface area contributed by atoms with Crippen molar-refractivity contribution in [1.82, 2.24) is 0 Å². The van der Waals surface area contributed by atoms with E-state index in [1.165, 1.54) is 69.6 Å². The Kier molecular flexibility index (Phi) is 10.2. The number of unbranched alkanes of at least 4 members (excludes halogenated alkanes) is 9. The summed E-state index contributed by atoms with van der Waals surface area (Å²) in [7, 11) is -4.43. The lowest BCUT2D eigenvalue weighted by Crippen LogP contribution is -2.02. The third kappa shape index (κ3) is 8.36. The molecule has 0 aliphatic rings. The molecule has 0 amide bonds. The first-order valence-corrected chi connectivity index (χ1v) is 12.4. The molecule has 0 saturated carbocycles. The summed E-state index contributed by atoms with van der Waals surface area (Å²) < 4.78 is 38.5. The first kappa shape index (κ1) is 24.2. The van der Waals surface area contributed by atoms with Crippen LogP contribution in [0, 0.1) is 0 Å². The predicted octanol–water partition coefficient (Wildman–Crippen LogP) is 6.89. The van der Waals surface area contributed by atoms with Crippen molar-refractivity contribution in [2.75, 3.05) is 0 Å². The predicted molar refractivity (Wildman–Crippen MR) is 120 cm³/mol. The van der Waals surface area contributed by atoms with Crippen molar-refractivity contribution < 1.29 is 22.8 Å². The van der Waals surface area contributed by atoms with Crippen molar-refractivity contribution in [3.63, 3.8) is 0 Å². The zero-order chi connectivity index (χ0) is 21.8. The summed E-state index contributed by atoms with van der Waals surface area (Å²) in [6, 6.07) is 11.0. The van der Waals surface area contributed by atoms with Crippen LogP contribution in [0.25, 0.3) is 0 Å². The van der Waals surface area contributed by atoms with Crippen LogP contribution in [-0.2, 0) is 16.5 Å². The van der Waals surface area contributed by atoms with Crippen LogP contribution in [-0.4, -0.2) is 18.1 Å². The molecule has 166 valence electrons. The van der Waals surface area contributed by atoms with Crippen LogP contribution in [0.2, 0.25) is 0 Å². The highest BCUT2D eigenvalue weighted by atomic mass is 32.2. The SMILES string of the molecule is CCCCCCCCCCCCc1ccc(S(=O)(=O)O)c(Oc2ccccc2O)c1. The smallest absolute Gasteiger partial charge is 0.298 e. The van der Waals surface area contributed by atoms with Gasteiger partial charge in [0.05, 0.1) is 0 Å². The molecule has 0 aliphatic carbocycles. The Labute approximate surface area is 180 Å². The average molecular weight is 435 g/mol. The Balaban J connectivity index is 1.88. The van der Waals surface area contributed by atoms with Crippen LogP contribution in [0.1, 0.15) is 76.7 Å². The van der Waals surface area contributed by atoms with Gasteiger partial charge in [0.2, 0.25) is 0 Å². The largest absolute Gasteiger partial charge is 0.504 e. The molecule has 0 unspecified atom stereocenters. The van der Waals surface area contributed by atoms with Gasteiger partial charge in [-0.05, 0) is 42.7 Å². The molecule has 0 heterocycles. The van der Waals surface area contributed by atoms with Crippen LogP contribution >= 0.6 is 0 Å². The van der Waals surface area contributed by atoms with Crippen LogP contribution in [0.3, 0.4) is 0 Å². The van der Waals surface area contributed by atoms with Gasteiger partial charge >= 0.3 is 0 Å². The number of aromatic hydroxyl groups is 1. The van der Waals surface area contributed by atoms with Gasteiger partial charge in [0.15, 0.2) is 11.5 Å². The van der Waals surface area contributed by atoms with E-state index in [-0.39, 0.29) is 22.1 Å². The van der Waals surface area contributed by atoms with E-state index in [4.69, 9.17) is 4.74 Å². The number of hydrogen-bond acceptors (Lipinski definition) is 4. The Hall–Kier alpha value is -2.05. The molecule has 0 spiro atoms. The van der Waals surface area contributed by atoms with Crippen LogP contribution in [0.5, 0.6) is 17.2 Å². The fourth-order valence-electron chi connectivity index (χ4n) is 3.48. The molecule has 0 saturated heterocycles. The fraction of sp³-hybridized carbons (Fsp3) is 0.500. The maximum Gasteiger partial charge on any atom is 0.298 e. The molecule has 0 atom stereocenters. The second-order valence-corrected chi connectivity index (χ2v) is 9.15. The van der Waals surface area contributed by atoms with E-state index in [1.54, 1.807) is 24.3 Å². The molecule has 0 fully saturated rings. The van der Waals surface area contributed by atoms with E-state index in [2.05, 4.69) is 6.92 Å². The van der Waals surface area contributed by atoms with Gasteiger partial charge in [-0.2, -0.15) is 8.42 Å². The van der Waals surface area contributed by atoms with Crippen molar-refractivity contribution in [3.8, 4) is 17.2 Å². The standard InChI is InChI=1S/C24H34O5S/c1-2-3-4-5-6-7-8-9-10-11-14-20-17-18-24(30(26,27)28)23(19-20)29-22-16-13-12-15-21(22)25/h12-13,15-19,25H,2-11,14H2,1H3,(H,26,27,28).